The zero-order valence-electron chi connectivity index (χ0n) is 13.6. The summed E-state index contributed by atoms with van der Waals surface area (Å²) >= 11 is 1.60. The van der Waals surface area contributed by atoms with E-state index in [1.165, 1.54) is 0 Å². The van der Waals surface area contributed by atoms with Gasteiger partial charge in [0.1, 0.15) is 11.8 Å². The third kappa shape index (κ3) is 3.00. The lowest BCUT2D eigenvalue weighted by Crippen LogP contribution is -2.46. The largest absolute Gasteiger partial charge is 0.497 e. The molecule has 2 saturated heterocycles. The third-order valence-corrected chi connectivity index (χ3v) is 5.98. The van der Waals surface area contributed by atoms with Gasteiger partial charge in [0, 0.05) is 17.7 Å². The van der Waals surface area contributed by atoms with Gasteiger partial charge in [0.25, 0.3) is 0 Å². The molecule has 0 aliphatic carbocycles. The number of ketones is 1. The average molecular weight is 349 g/mol. The van der Waals surface area contributed by atoms with Crippen LogP contribution < -0.4 is 4.74 Å². The molecule has 1 amide bonds. The van der Waals surface area contributed by atoms with Crippen molar-refractivity contribution in [2.45, 2.75) is 30.7 Å². The smallest absolute Gasteiger partial charge is 0.330 e. The molecule has 0 N–H and O–H groups in total. The molecule has 2 aliphatic rings. The van der Waals surface area contributed by atoms with Crippen LogP contribution in [0, 0.1) is 0 Å². The Kier molecular flexibility index (Phi) is 4.54. The zero-order chi connectivity index (χ0) is 17.3. The van der Waals surface area contributed by atoms with Gasteiger partial charge in [-0.1, -0.05) is 0 Å². The number of carbonyl (C=O) groups is 3. The molecule has 2 aliphatic heterocycles. The number of ether oxygens (including phenoxy) is 2. The van der Waals surface area contributed by atoms with E-state index in [2.05, 4.69) is 0 Å². The maximum Gasteiger partial charge on any atom is 0.330 e. The number of methoxy groups -OCH3 is 1. The van der Waals surface area contributed by atoms with Crippen molar-refractivity contribution in [3.05, 3.63) is 29.8 Å². The summed E-state index contributed by atoms with van der Waals surface area (Å²) < 4.78 is 10.2. The van der Waals surface area contributed by atoms with Crippen molar-refractivity contribution in [2.75, 3.05) is 19.5 Å². The standard InChI is InChI=1S/C17H19NO5S/c1-17-8-7-15(20)18(17)13(10-24-17)16(21)23-9-14(19)11-3-5-12(22-2)6-4-11/h3-6,13H,7-10H2,1-2H3/t13-,17-/m0/s1. The van der Waals surface area contributed by atoms with Gasteiger partial charge in [-0.3, -0.25) is 9.59 Å². The summed E-state index contributed by atoms with van der Waals surface area (Å²) in [6, 6.07) is 6.01. The Morgan fingerprint density at radius 3 is 2.71 bits per heavy atom. The summed E-state index contributed by atoms with van der Waals surface area (Å²) in [5, 5.41) is 0. The molecule has 7 heteroatoms. The van der Waals surface area contributed by atoms with Crippen LogP contribution in [0.25, 0.3) is 0 Å². The first-order valence-corrected chi connectivity index (χ1v) is 8.73. The molecule has 0 bridgehead atoms. The molecule has 2 heterocycles. The normalized spacial score (nSPS) is 25.5. The van der Waals surface area contributed by atoms with E-state index in [0.29, 0.717) is 23.5 Å². The Labute approximate surface area is 144 Å². The van der Waals surface area contributed by atoms with Crippen molar-refractivity contribution >= 4 is 29.4 Å². The third-order valence-electron chi connectivity index (χ3n) is 4.47. The first-order valence-electron chi connectivity index (χ1n) is 7.74. The summed E-state index contributed by atoms with van der Waals surface area (Å²) in [4.78, 5) is 37.8. The fraction of sp³-hybridized carbons (Fsp3) is 0.471. The van der Waals surface area contributed by atoms with E-state index in [4.69, 9.17) is 9.47 Å². The van der Waals surface area contributed by atoms with Gasteiger partial charge >= 0.3 is 5.97 Å². The first-order chi connectivity index (χ1) is 11.4. The van der Waals surface area contributed by atoms with Crippen LogP contribution in [-0.4, -0.2) is 52.9 Å². The topological polar surface area (TPSA) is 72.9 Å². The summed E-state index contributed by atoms with van der Waals surface area (Å²) in [7, 11) is 1.55. The van der Waals surface area contributed by atoms with Crippen molar-refractivity contribution in [1.82, 2.24) is 4.90 Å². The molecule has 0 saturated carbocycles. The van der Waals surface area contributed by atoms with Gasteiger partial charge in [0.05, 0.1) is 12.0 Å². The number of hydrogen-bond donors (Lipinski definition) is 0. The maximum atomic E-state index is 12.3. The highest BCUT2D eigenvalue weighted by atomic mass is 32.2. The Balaban J connectivity index is 1.59. The molecule has 2 fully saturated rings. The molecule has 0 radical (unpaired) electrons. The van der Waals surface area contributed by atoms with E-state index >= 15 is 0 Å². The Morgan fingerprint density at radius 1 is 1.33 bits per heavy atom. The first kappa shape index (κ1) is 16.8. The molecule has 1 aromatic rings. The maximum absolute atomic E-state index is 12.3. The van der Waals surface area contributed by atoms with E-state index in [1.807, 2.05) is 6.92 Å². The lowest BCUT2D eigenvalue weighted by Gasteiger charge is -2.29. The second kappa shape index (κ2) is 6.47. The predicted molar refractivity (Wildman–Crippen MR) is 89.0 cm³/mol. The highest BCUT2D eigenvalue weighted by Gasteiger charge is 2.53. The van der Waals surface area contributed by atoms with Crippen LogP contribution in [0.4, 0.5) is 0 Å². The van der Waals surface area contributed by atoms with Gasteiger partial charge in [-0.2, -0.15) is 0 Å². The van der Waals surface area contributed by atoms with Crippen molar-refractivity contribution in [3.8, 4) is 5.75 Å². The fourth-order valence-electron chi connectivity index (χ4n) is 3.09. The van der Waals surface area contributed by atoms with E-state index in [-0.39, 0.29) is 23.2 Å². The quantitative estimate of drug-likeness (QED) is 0.597. The number of esters is 1. The van der Waals surface area contributed by atoms with Crippen LogP contribution in [0.3, 0.4) is 0 Å². The van der Waals surface area contributed by atoms with Crippen molar-refractivity contribution in [2.24, 2.45) is 0 Å². The van der Waals surface area contributed by atoms with Gasteiger partial charge in [-0.15, -0.1) is 11.8 Å². The van der Waals surface area contributed by atoms with Crippen molar-refractivity contribution in [1.29, 1.82) is 0 Å². The van der Waals surface area contributed by atoms with Crippen LogP contribution in [0.5, 0.6) is 5.75 Å². The van der Waals surface area contributed by atoms with Crippen LogP contribution in [-0.2, 0) is 14.3 Å². The number of benzene rings is 1. The monoisotopic (exact) mass is 349 g/mol. The molecule has 3 rings (SSSR count). The zero-order valence-corrected chi connectivity index (χ0v) is 14.4. The number of rotatable bonds is 5. The van der Waals surface area contributed by atoms with Crippen LogP contribution in [0.1, 0.15) is 30.1 Å². The highest BCUT2D eigenvalue weighted by molar-refractivity contribution is 8.01. The lowest BCUT2D eigenvalue weighted by atomic mass is 10.1. The number of thioether (sulfide) groups is 1. The minimum absolute atomic E-state index is 0.0223. The Hall–Kier alpha value is -2.02. The fourth-order valence-corrected chi connectivity index (χ4v) is 4.50. The van der Waals surface area contributed by atoms with E-state index < -0.39 is 12.0 Å². The van der Waals surface area contributed by atoms with Crippen molar-refractivity contribution in [3.63, 3.8) is 0 Å². The molecular formula is C17H19NO5S. The average Bonchev–Trinajstić information content (AvgIpc) is 3.09. The number of carbonyl (C=O) groups excluding carboxylic acids is 3. The number of nitrogens with zero attached hydrogens (tertiary/aromatic N) is 1. The minimum atomic E-state index is -0.598. The SMILES string of the molecule is COc1ccc(C(=O)COC(=O)[C@@H]2CS[C@@]3(C)CCC(=O)N23)cc1. The molecule has 0 spiro atoms. The van der Waals surface area contributed by atoms with Crippen molar-refractivity contribution < 1.29 is 23.9 Å². The summed E-state index contributed by atoms with van der Waals surface area (Å²) in [6.45, 7) is 1.64. The predicted octanol–water partition coefficient (Wildman–Crippen LogP) is 1.88. The lowest BCUT2D eigenvalue weighted by molar-refractivity contribution is -0.152. The molecule has 24 heavy (non-hydrogen) atoms. The molecule has 2 atom stereocenters. The molecule has 1 aromatic carbocycles. The second-order valence-electron chi connectivity index (χ2n) is 6.02. The van der Waals surface area contributed by atoms with Gasteiger partial charge in [0.2, 0.25) is 5.91 Å². The van der Waals surface area contributed by atoms with Gasteiger partial charge < -0.3 is 14.4 Å². The molecule has 0 aromatic heterocycles. The van der Waals surface area contributed by atoms with Crippen LogP contribution >= 0.6 is 11.8 Å². The highest BCUT2D eigenvalue weighted by Crippen LogP contribution is 2.47. The van der Waals surface area contributed by atoms with Gasteiger partial charge in [0.15, 0.2) is 12.4 Å². The van der Waals surface area contributed by atoms with E-state index in [0.717, 1.165) is 6.42 Å². The Bertz CT molecular complexity index is 674. The summed E-state index contributed by atoms with van der Waals surface area (Å²) in [5.74, 6) is 0.345. The molecule has 0 unspecified atom stereocenters. The van der Waals surface area contributed by atoms with E-state index in [1.54, 1.807) is 48.0 Å². The van der Waals surface area contributed by atoms with Crippen LogP contribution in [0.2, 0.25) is 0 Å². The Morgan fingerprint density at radius 2 is 2.04 bits per heavy atom. The molecular weight excluding hydrogens is 330 g/mol. The van der Waals surface area contributed by atoms with Crippen LogP contribution in [0.15, 0.2) is 24.3 Å². The van der Waals surface area contributed by atoms with Gasteiger partial charge in [-0.05, 0) is 37.6 Å². The molecule has 6 nitrogen and oxygen atoms in total. The number of hydrogen-bond acceptors (Lipinski definition) is 6. The van der Waals surface area contributed by atoms with E-state index in [9.17, 15) is 14.4 Å². The second-order valence-corrected chi connectivity index (χ2v) is 7.53. The minimum Gasteiger partial charge on any atom is -0.497 e. The number of Topliss-reactive ketones (excluding diaryl/α,β-unsaturated/α-hetero) is 1. The molecule has 128 valence electrons. The number of fused-ring (bicyclic) bond motifs is 1. The number of amides is 1. The van der Waals surface area contributed by atoms with Gasteiger partial charge in [-0.25, -0.2) is 4.79 Å². The summed E-state index contributed by atoms with van der Waals surface area (Å²) in [5.41, 5.74) is 0.450. The summed E-state index contributed by atoms with van der Waals surface area (Å²) in [6.07, 6.45) is 1.20.